The SMILES string of the molecule is CC(C)C(C(=O)O)N(C(=O)CNc1ccc(O)cc1)C(=O)C(N)CS. The number of aromatic hydroxyl groups is 1. The Morgan fingerprint density at radius 3 is 2.24 bits per heavy atom. The van der Waals surface area contributed by atoms with Crippen molar-refractivity contribution in [3.05, 3.63) is 24.3 Å². The Labute approximate surface area is 151 Å². The van der Waals surface area contributed by atoms with Crippen LogP contribution in [0.15, 0.2) is 24.3 Å². The van der Waals surface area contributed by atoms with Crippen LogP contribution in [0.4, 0.5) is 5.69 Å². The van der Waals surface area contributed by atoms with Gasteiger partial charge in [-0.3, -0.25) is 14.5 Å². The number of amides is 2. The molecule has 0 saturated heterocycles. The van der Waals surface area contributed by atoms with Gasteiger partial charge >= 0.3 is 5.97 Å². The number of imide groups is 1. The molecule has 5 N–H and O–H groups in total. The van der Waals surface area contributed by atoms with Crippen LogP contribution in [0.1, 0.15) is 13.8 Å². The highest BCUT2D eigenvalue weighted by Crippen LogP contribution is 2.16. The predicted octanol–water partition coefficient (Wildman–Crippen LogP) is 0.526. The van der Waals surface area contributed by atoms with E-state index in [1.54, 1.807) is 26.0 Å². The Kier molecular flexibility index (Phi) is 7.72. The fourth-order valence-electron chi connectivity index (χ4n) is 2.21. The van der Waals surface area contributed by atoms with Crippen LogP contribution >= 0.6 is 12.6 Å². The lowest BCUT2D eigenvalue weighted by atomic mass is 10.0. The minimum Gasteiger partial charge on any atom is -0.508 e. The normalized spacial score (nSPS) is 13.2. The van der Waals surface area contributed by atoms with E-state index in [0.29, 0.717) is 10.6 Å². The number of nitrogens with zero attached hydrogens (tertiary/aromatic N) is 1. The largest absolute Gasteiger partial charge is 0.508 e. The number of rotatable bonds is 8. The molecule has 8 nitrogen and oxygen atoms in total. The zero-order valence-corrected chi connectivity index (χ0v) is 14.9. The first kappa shape index (κ1) is 20.8. The van der Waals surface area contributed by atoms with Crippen molar-refractivity contribution in [2.45, 2.75) is 25.9 Å². The monoisotopic (exact) mass is 369 g/mol. The Morgan fingerprint density at radius 1 is 1.24 bits per heavy atom. The minimum atomic E-state index is -1.33. The number of carbonyl (C=O) groups is 3. The number of nitrogens with two attached hydrogens (primary N) is 1. The zero-order chi connectivity index (χ0) is 19.1. The Hall–Kier alpha value is -2.26. The van der Waals surface area contributed by atoms with Crippen LogP contribution in [0.5, 0.6) is 5.75 Å². The van der Waals surface area contributed by atoms with Crippen molar-refractivity contribution < 1.29 is 24.6 Å². The second-order valence-corrected chi connectivity index (χ2v) is 6.18. The molecule has 1 rings (SSSR count). The molecule has 2 atom stereocenters. The second-order valence-electron chi connectivity index (χ2n) is 5.82. The maximum absolute atomic E-state index is 12.5. The van der Waals surface area contributed by atoms with Gasteiger partial charge in [-0.05, 0) is 30.2 Å². The van der Waals surface area contributed by atoms with Crippen LogP contribution in [-0.4, -0.2) is 57.3 Å². The van der Waals surface area contributed by atoms with E-state index < -0.39 is 35.8 Å². The smallest absolute Gasteiger partial charge is 0.327 e. The topological polar surface area (TPSA) is 133 Å². The number of carboxylic acids is 1. The van der Waals surface area contributed by atoms with Crippen molar-refractivity contribution in [3.8, 4) is 5.75 Å². The van der Waals surface area contributed by atoms with E-state index in [1.807, 2.05) is 0 Å². The Morgan fingerprint density at radius 2 is 1.80 bits per heavy atom. The number of carboxylic acid groups (broad SMARTS) is 1. The molecule has 9 heteroatoms. The lowest BCUT2D eigenvalue weighted by molar-refractivity contribution is -0.159. The first-order valence-corrected chi connectivity index (χ1v) is 8.30. The van der Waals surface area contributed by atoms with Gasteiger partial charge < -0.3 is 21.3 Å². The summed E-state index contributed by atoms with van der Waals surface area (Å²) in [5.41, 5.74) is 6.19. The van der Waals surface area contributed by atoms with Gasteiger partial charge in [0.2, 0.25) is 11.8 Å². The molecule has 2 amide bonds. The van der Waals surface area contributed by atoms with Gasteiger partial charge in [-0.1, -0.05) is 13.8 Å². The average molecular weight is 369 g/mol. The molecule has 0 spiro atoms. The molecule has 0 saturated carbocycles. The molecule has 0 aliphatic rings. The molecule has 0 bridgehead atoms. The zero-order valence-electron chi connectivity index (χ0n) is 14.0. The van der Waals surface area contributed by atoms with Crippen molar-refractivity contribution in [1.82, 2.24) is 4.90 Å². The molecule has 1 aromatic rings. The number of hydrogen-bond acceptors (Lipinski definition) is 7. The molecule has 1 aromatic carbocycles. The van der Waals surface area contributed by atoms with Gasteiger partial charge in [0.15, 0.2) is 0 Å². The molecule has 0 aliphatic carbocycles. The van der Waals surface area contributed by atoms with Gasteiger partial charge in [0.25, 0.3) is 0 Å². The third-order valence-electron chi connectivity index (χ3n) is 3.49. The van der Waals surface area contributed by atoms with E-state index in [2.05, 4.69) is 17.9 Å². The molecule has 0 radical (unpaired) electrons. The van der Waals surface area contributed by atoms with Crippen LogP contribution in [0, 0.1) is 5.92 Å². The predicted molar refractivity (Wildman–Crippen MR) is 96.5 cm³/mol. The molecular weight excluding hydrogens is 346 g/mol. The van der Waals surface area contributed by atoms with Gasteiger partial charge in [-0.15, -0.1) is 0 Å². The highest BCUT2D eigenvalue weighted by molar-refractivity contribution is 7.80. The maximum atomic E-state index is 12.5. The Balaban J connectivity index is 3.00. The number of phenolic OH excluding ortho intramolecular Hbond substituents is 1. The lowest BCUT2D eigenvalue weighted by Crippen LogP contribution is -2.57. The second kappa shape index (κ2) is 9.28. The third kappa shape index (κ3) is 5.64. The van der Waals surface area contributed by atoms with Crippen LogP contribution in [0.2, 0.25) is 0 Å². The van der Waals surface area contributed by atoms with Crippen LogP contribution in [0.3, 0.4) is 0 Å². The summed E-state index contributed by atoms with van der Waals surface area (Å²) < 4.78 is 0. The number of nitrogens with one attached hydrogen (secondary N) is 1. The van der Waals surface area contributed by atoms with E-state index in [0.717, 1.165) is 0 Å². The number of hydrogen-bond donors (Lipinski definition) is 5. The highest BCUT2D eigenvalue weighted by Gasteiger charge is 2.38. The van der Waals surface area contributed by atoms with Gasteiger partial charge in [0.05, 0.1) is 12.6 Å². The highest BCUT2D eigenvalue weighted by atomic mass is 32.1. The molecule has 0 aromatic heterocycles. The number of phenols is 1. The Bertz CT molecular complexity index is 621. The molecule has 138 valence electrons. The van der Waals surface area contributed by atoms with Crippen molar-refractivity contribution >= 4 is 36.1 Å². The van der Waals surface area contributed by atoms with E-state index >= 15 is 0 Å². The number of benzene rings is 1. The van der Waals surface area contributed by atoms with E-state index in [-0.39, 0.29) is 18.0 Å². The maximum Gasteiger partial charge on any atom is 0.327 e. The fourth-order valence-corrected chi connectivity index (χ4v) is 2.36. The number of aliphatic carboxylic acids is 1. The minimum absolute atomic E-state index is 0.0154. The van der Waals surface area contributed by atoms with Gasteiger partial charge in [-0.25, -0.2) is 4.79 Å². The molecule has 25 heavy (non-hydrogen) atoms. The summed E-state index contributed by atoms with van der Waals surface area (Å²) in [6, 6.07) is 3.55. The molecule has 0 heterocycles. The van der Waals surface area contributed by atoms with Crippen LogP contribution in [-0.2, 0) is 14.4 Å². The van der Waals surface area contributed by atoms with Gasteiger partial charge in [0, 0.05) is 11.4 Å². The van der Waals surface area contributed by atoms with E-state index in [4.69, 9.17) is 5.73 Å². The average Bonchev–Trinajstić information content (AvgIpc) is 2.56. The lowest BCUT2D eigenvalue weighted by Gasteiger charge is -2.31. The van der Waals surface area contributed by atoms with Crippen LogP contribution < -0.4 is 11.1 Å². The van der Waals surface area contributed by atoms with Crippen molar-refractivity contribution in [3.63, 3.8) is 0 Å². The molecular formula is C16H23N3O5S. The van der Waals surface area contributed by atoms with Crippen LogP contribution in [0.25, 0.3) is 0 Å². The van der Waals surface area contributed by atoms with Gasteiger partial charge in [0.1, 0.15) is 11.8 Å². The summed E-state index contributed by atoms with van der Waals surface area (Å²) in [5, 5.41) is 21.5. The molecule has 0 aliphatic heterocycles. The van der Waals surface area contributed by atoms with E-state index in [1.165, 1.54) is 12.1 Å². The van der Waals surface area contributed by atoms with Crippen molar-refractivity contribution in [1.29, 1.82) is 0 Å². The number of thiol groups is 1. The summed E-state index contributed by atoms with van der Waals surface area (Å²) in [7, 11) is 0. The summed E-state index contributed by atoms with van der Waals surface area (Å²) in [6.07, 6.45) is 0. The first-order valence-electron chi connectivity index (χ1n) is 7.67. The third-order valence-corrected chi connectivity index (χ3v) is 3.89. The molecule has 2 unspecified atom stereocenters. The number of anilines is 1. The van der Waals surface area contributed by atoms with Gasteiger partial charge in [-0.2, -0.15) is 12.6 Å². The van der Waals surface area contributed by atoms with Crippen molar-refractivity contribution in [2.24, 2.45) is 11.7 Å². The first-order chi connectivity index (χ1) is 11.7. The molecule has 0 fully saturated rings. The van der Waals surface area contributed by atoms with Crippen molar-refractivity contribution in [2.75, 3.05) is 17.6 Å². The summed E-state index contributed by atoms with van der Waals surface area (Å²) in [6.45, 7) is 2.91. The quantitative estimate of drug-likeness (QED) is 0.333. The standard InChI is InChI=1S/C16H23N3O5S/c1-9(2)14(16(23)24)19(15(22)12(17)8-25)13(21)7-18-10-3-5-11(20)6-4-10/h3-6,9,12,14,18,20,25H,7-8,17H2,1-2H3,(H,23,24). The van der Waals surface area contributed by atoms with E-state index in [9.17, 15) is 24.6 Å². The number of carbonyl (C=O) groups excluding carboxylic acids is 2. The summed E-state index contributed by atoms with van der Waals surface area (Å²) in [5.74, 6) is -3.22. The summed E-state index contributed by atoms with van der Waals surface area (Å²) in [4.78, 5) is 37.2. The fraction of sp³-hybridized carbons (Fsp3) is 0.438. The summed E-state index contributed by atoms with van der Waals surface area (Å²) >= 11 is 3.94.